The molecule has 184 valence electrons. The van der Waals surface area contributed by atoms with Crippen LogP contribution in [0.15, 0.2) is 23.0 Å². The highest BCUT2D eigenvalue weighted by atomic mass is 19.4. The fraction of sp³-hybridized carbons (Fsp3) is 0.381. The van der Waals surface area contributed by atoms with Crippen LogP contribution in [0.25, 0.3) is 0 Å². The van der Waals surface area contributed by atoms with E-state index in [1.165, 1.54) is 17.0 Å². The summed E-state index contributed by atoms with van der Waals surface area (Å²) >= 11 is 0. The van der Waals surface area contributed by atoms with E-state index < -0.39 is 23.9 Å². The summed E-state index contributed by atoms with van der Waals surface area (Å²) in [7, 11) is 1.67. The highest BCUT2D eigenvalue weighted by molar-refractivity contribution is 5.97. The van der Waals surface area contributed by atoms with Gasteiger partial charge in [-0.3, -0.25) is 14.4 Å². The van der Waals surface area contributed by atoms with Crippen LogP contribution in [0.4, 0.5) is 17.6 Å². The van der Waals surface area contributed by atoms with Gasteiger partial charge in [0.2, 0.25) is 5.91 Å². The number of alkyl halides is 3. The average molecular weight is 486 g/mol. The lowest BCUT2D eigenvalue weighted by Gasteiger charge is -2.32. The van der Waals surface area contributed by atoms with Crippen molar-refractivity contribution in [1.82, 2.24) is 20.0 Å². The summed E-state index contributed by atoms with van der Waals surface area (Å²) in [6.07, 6.45) is -4.73. The molecular weight excluding hydrogens is 464 g/mol. The van der Waals surface area contributed by atoms with E-state index >= 15 is 0 Å². The van der Waals surface area contributed by atoms with Crippen molar-refractivity contribution in [3.05, 3.63) is 62.3 Å². The van der Waals surface area contributed by atoms with Gasteiger partial charge in [-0.25, -0.2) is 14.3 Å². The molecule has 1 saturated heterocycles. The molecule has 1 aliphatic heterocycles. The molecule has 0 radical (unpaired) electrons. The van der Waals surface area contributed by atoms with E-state index in [9.17, 15) is 31.9 Å². The van der Waals surface area contributed by atoms with E-state index in [1.54, 1.807) is 31.9 Å². The predicted molar refractivity (Wildman–Crippen MR) is 111 cm³/mol. The Balaban J connectivity index is 0.000000509. The minimum absolute atomic E-state index is 0.0568. The molecule has 0 aliphatic carbocycles. The number of aromatic amines is 1. The van der Waals surface area contributed by atoms with Gasteiger partial charge in [0.25, 0.3) is 11.5 Å². The summed E-state index contributed by atoms with van der Waals surface area (Å²) in [6, 6.07) is 4.32. The molecule has 2 amide bonds. The van der Waals surface area contributed by atoms with Crippen molar-refractivity contribution in [2.45, 2.75) is 26.4 Å². The Morgan fingerprint density at radius 3 is 2.32 bits per heavy atom. The molecule has 13 heteroatoms. The van der Waals surface area contributed by atoms with Gasteiger partial charge >= 0.3 is 12.1 Å². The predicted octanol–water partition coefficient (Wildman–Crippen LogP) is 1.66. The number of carbonyl (C=O) groups is 3. The number of nitrogens with one attached hydrogen (secondary N) is 1. The molecule has 1 fully saturated rings. The summed E-state index contributed by atoms with van der Waals surface area (Å²) in [4.78, 5) is 47.9. The van der Waals surface area contributed by atoms with Crippen molar-refractivity contribution in [3.8, 4) is 0 Å². The summed E-state index contributed by atoms with van der Waals surface area (Å²) in [5.41, 5.74) is 2.39. The molecule has 0 saturated carbocycles. The Labute approximate surface area is 191 Å². The van der Waals surface area contributed by atoms with Gasteiger partial charge in [-0.05, 0) is 37.1 Å². The second-order valence-corrected chi connectivity index (χ2v) is 7.59. The zero-order valence-electron chi connectivity index (χ0n) is 18.5. The number of carbonyl (C=O) groups excluding carboxylic acids is 2. The second-order valence-electron chi connectivity index (χ2n) is 7.59. The molecule has 2 aromatic rings. The minimum atomic E-state index is -5.08. The van der Waals surface area contributed by atoms with Crippen molar-refractivity contribution in [1.29, 1.82) is 0 Å². The van der Waals surface area contributed by atoms with E-state index in [0.717, 1.165) is 5.56 Å². The third-order valence-electron chi connectivity index (χ3n) is 5.25. The van der Waals surface area contributed by atoms with Crippen molar-refractivity contribution in [2.24, 2.45) is 0 Å². The molecule has 2 heterocycles. The number of hydrogen-bond donors (Lipinski definition) is 2. The van der Waals surface area contributed by atoms with E-state index in [0.29, 0.717) is 36.3 Å². The fourth-order valence-corrected chi connectivity index (χ4v) is 2.99. The van der Waals surface area contributed by atoms with Gasteiger partial charge in [-0.1, -0.05) is 6.07 Å². The largest absolute Gasteiger partial charge is 0.490 e. The van der Waals surface area contributed by atoms with Crippen molar-refractivity contribution in [3.63, 3.8) is 0 Å². The third-order valence-corrected chi connectivity index (χ3v) is 5.25. The zero-order chi connectivity index (χ0) is 25.8. The number of halogens is 4. The van der Waals surface area contributed by atoms with E-state index in [2.05, 4.69) is 10.2 Å². The molecule has 0 atom stereocenters. The number of benzene rings is 1. The van der Waals surface area contributed by atoms with E-state index in [4.69, 9.17) is 9.90 Å². The summed E-state index contributed by atoms with van der Waals surface area (Å²) in [5.74, 6) is -4.06. The standard InChI is InChI=1S/C19H21FN4O3.C2HF3O2/c1-11-12(2)18(26)22-21-16(11)9-13-4-5-15(20)14(8-13)19(27)24-7-6-23(3)17(25)10-24;3-2(4,5)1(6)7/h4-5,8H,6-7,9-10H2,1-3H3,(H,22,26);(H,6,7). The molecule has 0 spiro atoms. The van der Waals surface area contributed by atoms with Crippen molar-refractivity contribution < 1.29 is 37.1 Å². The number of aliphatic carboxylic acids is 1. The Hall–Kier alpha value is -3.77. The smallest absolute Gasteiger partial charge is 0.475 e. The van der Waals surface area contributed by atoms with E-state index in [-0.39, 0.29) is 23.6 Å². The summed E-state index contributed by atoms with van der Waals surface area (Å²) in [6.45, 7) is 4.25. The van der Waals surface area contributed by atoms with Gasteiger partial charge < -0.3 is 14.9 Å². The molecule has 0 unspecified atom stereocenters. The van der Waals surface area contributed by atoms with Crippen molar-refractivity contribution in [2.75, 3.05) is 26.7 Å². The fourth-order valence-electron chi connectivity index (χ4n) is 2.99. The Morgan fingerprint density at radius 1 is 1.15 bits per heavy atom. The average Bonchev–Trinajstić information content (AvgIpc) is 2.76. The first-order valence-electron chi connectivity index (χ1n) is 9.89. The van der Waals surface area contributed by atoms with Crippen molar-refractivity contribution >= 4 is 17.8 Å². The summed E-state index contributed by atoms with van der Waals surface area (Å²) in [5, 5.41) is 13.6. The molecule has 9 nitrogen and oxygen atoms in total. The molecule has 1 aliphatic rings. The monoisotopic (exact) mass is 486 g/mol. The number of hydrogen-bond acceptors (Lipinski definition) is 5. The van der Waals surface area contributed by atoms with E-state index in [1.807, 2.05) is 0 Å². The topological polar surface area (TPSA) is 124 Å². The quantitative estimate of drug-likeness (QED) is 0.637. The summed E-state index contributed by atoms with van der Waals surface area (Å²) < 4.78 is 46.0. The number of likely N-dealkylation sites (N-methyl/N-ethyl adjacent to an activating group) is 1. The third kappa shape index (κ3) is 6.39. The minimum Gasteiger partial charge on any atom is -0.475 e. The highest BCUT2D eigenvalue weighted by Crippen LogP contribution is 2.18. The maximum atomic E-state index is 14.3. The number of carboxylic acids is 1. The van der Waals surface area contributed by atoms with Crippen LogP contribution in [-0.2, 0) is 16.0 Å². The zero-order valence-corrected chi connectivity index (χ0v) is 18.5. The van der Waals surface area contributed by atoms with Crippen LogP contribution < -0.4 is 5.56 Å². The first-order valence-corrected chi connectivity index (χ1v) is 9.89. The number of aromatic nitrogens is 2. The van der Waals surface area contributed by atoms with Gasteiger partial charge in [-0.15, -0.1) is 0 Å². The molecular formula is C21H22F4N4O5. The van der Waals surface area contributed by atoms with Crippen LogP contribution in [0.2, 0.25) is 0 Å². The second kappa shape index (κ2) is 10.4. The lowest BCUT2D eigenvalue weighted by molar-refractivity contribution is -0.192. The highest BCUT2D eigenvalue weighted by Gasteiger charge is 2.38. The number of H-pyrrole nitrogens is 1. The SMILES string of the molecule is Cc1c(Cc2ccc(F)c(C(=O)N3CCN(C)C(=O)C3)c2)n[nH]c(=O)c1C.O=C(O)C(F)(F)F. The van der Waals surface area contributed by atoms with Crippen LogP contribution in [0.3, 0.4) is 0 Å². The molecule has 34 heavy (non-hydrogen) atoms. The van der Waals surface area contributed by atoms with Crippen LogP contribution >= 0.6 is 0 Å². The van der Waals surface area contributed by atoms with Crippen LogP contribution in [-0.4, -0.2) is 75.7 Å². The Morgan fingerprint density at radius 2 is 1.76 bits per heavy atom. The maximum Gasteiger partial charge on any atom is 0.490 e. The first-order chi connectivity index (χ1) is 15.7. The molecule has 0 bridgehead atoms. The molecule has 1 aromatic carbocycles. The number of piperazine rings is 1. The van der Waals surface area contributed by atoms with Gasteiger partial charge in [-0.2, -0.15) is 18.3 Å². The molecule has 2 N–H and O–H groups in total. The van der Waals surface area contributed by atoms with Gasteiger partial charge in [0.1, 0.15) is 12.4 Å². The molecule has 3 rings (SSSR count). The normalized spacial score (nSPS) is 13.9. The Bertz CT molecular complexity index is 1160. The van der Waals surface area contributed by atoms with Crippen LogP contribution in [0.1, 0.15) is 32.7 Å². The Kier molecular flexibility index (Phi) is 8.13. The van der Waals surface area contributed by atoms with Gasteiger partial charge in [0.15, 0.2) is 0 Å². The lowest BCUT2D eigenvalue weighted by Crippen LogP contribution is -2.50. The lowest BCUT2D eigenvalue weighted by atomic mass is 10.0. The number of carboxylic acid groups (broad SMARTS) is 1. The molecule has 1 aromatic heterocycles. The van der Waals surface area contributed by atoms with Gasteiger partial charge in [0.05, 0.1) is 11.3 Å². The number of rotatable bonds is 3. The van der Waals surface area contributed by atoms with Crippen LogP contribution in [0, 0.1) is 19.7 Å². The van der Waals surface area contributed by atoms with Crippen LogP contribution in [0.5, 0.6) is 0 Å². The number of amides is 2. The first kappa shape index (κ1) is 26.5. The maximum absolute atomic E-state index is 14.3. The number of nitrogens with zero attached hydrogens (tertiary/aromatic N) is 3. The van der Waals surface area contributed by atoms with Gasteiger partial charge in [0, 0.05) is 32.1 Å².